The highest BCUT2D eigenvalue weighted by molar-refractivity contribution is 7.89. The molecule has 0 amide bonds. The Balaban J connectivity index is 0.00000139. The van der Waals surface area contributed by atoms with Gasteiger partial charge in [-0.2, -0.15) is 17.6 Å². The summed E-state index contributed by atoms with van der Waals surface area (Å²) in [5.41, 5.74) is 6.73. The number of benzene rings is 1. The Morgan fingerprint density at radius 1 is 1.07 bits per heavy atom. The molecule has 1 N–H and O–H groups in total. The van der Waals surface area contributed by atoms with Crippen LogP contribution < -0.4 is 5.32 Å². The highest BCUT2D eigenvalue weighted by Crippen LogP contribution is 2.64. The fraction of sp³-hybridized carbons (Fsp3) is 0.694. The van der Waals surface area contributed by atoms with Crippen LogP contribution in [-0.2, 0) is 27.6 Å². The van der Waals surface area contributed by atoms with Crippen LogP contribution in [0.5, 0.6) is 0 Å². The second-order valence-corrected chi connectivity index (χ2v) is 17.6. The summed E-state index contributed by atoms with van der Waals surface area (Å²) in [4.78, 5) is 0.308. The van der Waals surface area contributed by atoms with Crippen LogP contribution in [0.15, 0.2) is 46.5 Å². The van der Waals surface area contributed by atoms with E-state index in [-0.39, 0.29) is 15.3 Å². The molecule has 2 aromatic rings. The minimum Gasteiger partial charge on any atom is -0.369 e. The van der Waals surface area contributed by atoms with E-state index in [0.717, 1.165) is 48.5 Å². The smallest absolute Gasteiger partial charge is 0.282 e. The van der Waals surface area contributed by atoms with E-state index < -0.39 is 10.0 Å². The number of hydrogen-bond donors (Lipinski definition) is 1. The van der Waals surface area contributed by atoms with Crippen LogP contribution in [0, 0.1) is 47.8 Å². The maximum absolute atomic E-state index is 13.5. The van der Waals surface area contributed by atoms with Crippen LogP contribution >= 0.6 is 0 Å². The first-order valence-corrected chi connectivity index (χ1v) is 18.4. The Morgan fingerprint density at radius 2 is 1.86 bits per heavy atom. The molecule has 2 saturated heterocycles. The molecule has 8 rings (SSSR count). The minimum absolute atomic E-state index is 0. The van der Waals surface area contributed by atoms with Gasteiger partial charge >= 0.3 is 0 Å². The molecule has 6 aliphatic rings. The maximum Gasteiger partial charge on any atom is 0.282 e. The van der Waals surface area contributed by atoms with Crippen molar-refractivity contribution in [2.75, 3.05) is 6.54 Å². The molecule has 1 aromatic heterocycles. The molecule has 10 atom stereocenters. The SMILES string of the molecule is CC1=C2CC3[C@@H](CC[C@@H]4Cc5nn(S(=O)(=O)c6ccc(C)cc6)cc5C[C@]34C)C2CC[C@@]2(C1)O[C@@H]1C[C@H](C)CN[C@H]1[C@H]2C.[HH].[HH].[HH]. The first kappa shape index (κ1) is 28.5. The molecule has 0 bridgehead atoms. The van der Waals surface area contributed by atoms with Crippen molar-refractivity contribution in [2.45, 2.75) is 115 Å². The van der Waals surface area contributed by atoms with Crippen LogP contribution in [0.3, 0.4) is 0 Å². The normalized spacial score (nSPS) is 42.2. The van der Waals surface area contributed by atoms with Crippen LogP contribution in [0.2, 0.25) is 0 Å². The van der Waals surface area contributed by atoms with Gasteiger partial charge in [-0.3, -0.25) is 0 Å². The lowest BCUT2D eigenvalue weighted by Crippen LogP contribution is -2.48. The number of allylic oxidation sites excluding steroid dienone is 1. The number of ether oxygens (including phenoxy) is 1. The number of piperidine rings is 1. The summed E-state index contributed by atoms with van der Waals surface area (Å²) in [5, 5.41) is 8.57. The lowest BCUT2D eigenvalue weighted by molar-refractivity contribution is -0.0733. The van der Waals surface area contributed by atoms with Crippen LogP contribution in [-0.4, -0.2) is 41.9 Å². The van der Waals surface area contributed by atoms with Gasteiger partial charge in [0.1, 0.15) is 0 Å². The van der Waals surface area contributed by atoms with Gasteiger partial charge in [0.15, 0.2) is 0 Å². The van der Waals surface area contributed by atoms with E-state index in [2.05, 4.69) is 33.0 Å². The lowest BCUT2D eigenvalue weighted by atomic mass is 9.52. The van der Waals surface area contributed by atoms with Gasteiger partial charge in [-0.05, 0) is 131 Å². The Morgan fingerprint density at radius 3 is 2.65 bits per heavy atom. The number of aromatic nitrogens is 2. The molecule has 4 aliphatic carbocycles. The van der Waals surface area contributed by atoms with Crippen molar-refractivity contribution in [3.8, 4) is 0 Å². The summed E-state index contributed by atoms with van der Waals surface area (Å²) in [7, 11) is -3.69. The van der Waals surface area contributed by atoms with E-state index in [0.29, 0.717) is 46.6 Å². The van der Waals surface area contributed by atoms with Crippen molar-refractivity contribution in [3.63, 3.8) is 0 Å². The van der Waals surface area contributed by atoms with E-state index in [1.165, 1.54) is 42.6 Å². The summed E-state index contributed by atoms with van der Waals surface area (Å²) in [6.07, 6.45) is 12.5. The molecule has 7 heteroatoms. The van der Waals surface area contributed by atoms with Crippen LogP contribution in [0.1, 0.15) is 93.7 Å². The average Bonchev–Trinajstić information content (AvgIpc) is 3.60. The summed E-state index contributed by atoms with van der Waals surface area (Å²) in [5.74, 6) is 3.87. The molecule has 2 aliphatic heterocycles. The molecule has 2 unspecified atom stereocenters. The van der Waals surface area contributed by atoms with E-state index >= 15 is 0 Å². The van der Waals surface area contributed by atoms with Crippen molar-refractivity contribution in [2.24, 2.45) is 40.9 Å². The minimum atomic E-state index is -3.69. The molecule has 238 valence electrons. The zero-order valence-electron chi connectivity index (χ0n) is 26.6. The second kappa shape index (κ2) is 9.77. The first-order chi connectivity index (χ1) is 20.5. The third kappa shape index (κ3) is 4.23. The molecule has 0 radical (unpaired) electrons. The number of nitrogens with zero attached hydrogens (tertiary/aromatic N) is 2. The fourth-order valence-corrected chi connectivity index (χ4v) is 12.2. The standard InChI is InChI=1S/C36H49N3O3S.3H2/c1-21-6-9-27(10-7-21)43(40,41)39-20-25-18-35(5)26(15-32(25)38-39)8-11-29-28-12-13-36(17-23(3)30(28)16-31(29)35)24(4)34-33(42-36)14-22(2)19-37-34;;;/h6-7,9-10,20,22,24,26,28-29,31,33-34,37H,8,11-19H2,1-5H3;3*1H/t22-,24+,26+,28?,29-,31?,33+,34-,35-,36-;;;/m0.../s1. The van der Waals surface area contributed by atoms with Crippen LogP contribution in [0.25, 0.3) is 0 Å². The Kier molecular flexibility index (Phi) is 6.48. The average molecular weight is 610 g/mol. The lowest BCUT2D eigenvalue weighted by Gasteiger charge is -2.52. The Hall–Kier alpha value is -1.96. The monoisotopic (exact) mass is 609 g/mol. The van der Waals surface area contributed by atoms with E-state index in [9.17, 15) is 8.42 Å². The third-order valence-corrected chi connectivity index (χ3v) is 15.0. The van der Waals surface area contributed by atoms with E-state index in [1.807, 2.05) is 25.3 Å². The van der Waals surface area contributed by atoms with Gasteiger partial charge in [-0.25, -0.2) is 0 Å². The quantitative estimate of drug-likeness (QED) is 0.365. The van der Waals surface area contributed by atoms with Crippen molar-refractivity contribution in [3.05, 3.63) is 58.4 Å². The second-order valence-electron chi connectivity index (χ2n) is 15.8. The summed E-state index contributed by atoms with van der Waals surface area (Å²) in [6.45, 7) is 12.9. The molecular formula is C36H55N3O3S. The first-order valence-electron chi connectivity index (χ1n) is 17.0. The molecule has 43 heavy (non-hydrogen) atoms. The molecular weight excluding hydrogens is 554 g/mol. The fourth-order valence-electron chi connectivity index (χ4n) is 11.0. The summed E-state index contributed by atoms with van der Waals surface area (Å²) >= 11 is 0. The largest absolute Gasteiger partial charge is 0.369 e. The van der Waals surface area contributed by atoms with Gasteiger partial charge < -0.3 is 10.1 Å². The third-order valence-electron chi connectivity index (χ3n) is 13.5. The number of hydrogen-bond acceptors (Lipinski definition) is 5. The van der Waals surface area contributed by atoms with Gasteiger partial charge in [-0.15, -0.1) is 0 Å². The number of aryl methyl sites for hydroxylation is 1. The Labute approximate surface area is 262 Å². The molecule has 1 aromatic carbocycles. The Bertz CT molecular complexity index is 1590. The van der Waals surface area contributed by atoms with Gasteiger partial charge in [0.05, 0.1) is 22.3 Å². The van der Waals surface area contributed by atoms with Crippen molar-refractivity contribution >= 4 is 10.0 Å². The van der Waals surface area contributed by atoms with Gasteiger partial charge in [-0.1, -0.05) is 49.6 Å². The number of fused-ring (bicyclic) bond motifs is 7. The maximum atomic E-state index is 13.5. The summed E-state index contributed by atoms with van der Waals surface area (Å²) < 4.78 is 35.3. The van der Waals surface area contributed by atoms with Gasteiger partial charge in [0, 0.05) is 22.4 Å². The highest BCUT2D eigenvalue weighted by atomic mass is 32.2. The molecule has 1 spiro atoms. The van der Waals surface area contributed by atoms with Crippen molar-refractivity contribution in [1.82, 2.24) is 14.5 Å². The zero-order chi connectivity index (χ0) is 29.9. The number of rotatable bonds is 2. The number of nitrogens with one attached hydrogen (secondary N) is 1. The molecule has 3 heterocycles. The van der Waals surface area contributed by atoms with Crippen LogP contribution in [0.4, 0.5) is 0 Å². The van der Waals surface area contributed by atoms with E-state index in [1.54, 1.807) is 23.3 Å². The highest BCUT2D eigenvalue weighted by Gasteiger charge is 2.59. The van der Waals surface area contributed by atoms with Gasteiger partial charge in [0.25, 0.3) is 10.0 Å². The molecule has 4 fully saturated rings. The van der Waals surface area contributed by atoms with Crippen molar-refractivity contribution in [1.29, 1.82) is 0 Å². The summed E-state index contributed by atoms with van der Waals surface area (Å²) in [6, 6.07) is 7.61. The predicted octanol–water partition coefficient (Wildman–Crippen LogP) is 7.21. The predicted molar refractivity (Wildman–Crippen MR) is 175 cm³/mol. The van der Waals surface area contributed by atoms with Crippen molar-refractivity contribution < 1.29 is 17.4 Å². The van der Waals surface area contributed by atoms with E-state index in [4.69, 9.17) is 9.84 Å². The molecule has 6 nitrogen and oxygen atoms in total. The zero-order valence-corrected chi connectivity index (χ0v) is 27.4. The topological polar surface area (TPSA) is 73.2 Å². The molecule has 2 saturated carbocycles. The van der Waals surface area contributed by atoms with Gasteiger partial charge in [0.2, 0.25) is 0 Å².